The standard InChI is InChI=1S/C23H21F2N/c1-14-5-7-19-20-8-6-17(13-22(20)23(2,3)21(19)9-14)26(4)18-11-15(24)10-16(25)12-18/h5-13H,1-4H3. The molecule has 1 nitrogen and oxygen atoms in total. The minimum absolute atomic E-state index is 0.110. The van der Waals surface area contributed by atoms with Gasteiger partial charge in [-0.3, -0.25) is 0 Å². The van der Waals surface area contributed by atoms with Crippen LogP contribution >= 0.6 is 0 Å². The van der Waals surface area contributed by atoms with Crippen molar-refractivity contribution in [2.75, 3.05) is 11.9 Å². The summed E-state index contributed by atoms with van der Waals surface area (Å²) >= 11 is 0. The lowest BCUT2D eigenvalue weighted by molar-refractivity contribution is 0.583. The SMILES string of the molecule is Cc1ccc2c(c1)C(C)(C)c1cc(N(C)c3cc(F)cc(F)c3)ccc1-2. The summed E-state index contributed by atoms with van der Waals surface area (Å²) in [5.74, 6) is -1.15. The molecule has 0 bridgehead atoms. The van der Waals surface area contributed by atoms with Crippen molar-refractivity contribution in [1.82, 2.24) is 0 Å². The first-order chi connectivity index (χ1) is 12.3. The molecule has 0 amide bonds. The van der Waals surface area contributed by atoms with Crippen LogP contribution in [0.2, 0.25) is 0 Å². The maximum Gasteiger partial charge on any atom is 0.128 e. The number of halogens is 2. The van der Waals surface area contributed by atoms with Crippen LogP contribution in [0.1, 0.15) is 30.5 Å². The van der Waals surface area contributed by atoms with E-state index in [9.17, 15) is 8.78 Å². The Labute approximate surface area is 152 Å². The third kappa shape index (κ3) is 2.50. The van der Waals surface area contributed by atoms with E-state index in [-0.39, 0.29) is 5.41 Å². The second-order valence-corrected chi connectivity index (χ2v) is 7.59. The fraction of sp³-hybridized carbons (Fsp3) is 0.217. The fourth-order valence-electron chi connectivity index (χ4n) is 3.93. The molecule has 0 atom stereocenters. The maximum atomic E-state index is 13.6. The molecule has 0 unspecified atom stereocenters. The van der Waals surface area contributed by atoms with E-state index >= 15 is 0 Å². The second kappa shape index (κ2) is 5.66. The molecule has 0 saturated heterocycles. The van der Waals surface area contributed by atoms with Crippen LogP contribution in [-0.2, 0) is 5.41 Å². The molecule has 3 heteroatoms. The van der Waals surface area contributed by atoms with Crippen LogP contribution in [0.15, 0.2) is 54.6 Å². The lowest BCUT2D eigenvalue weighted by Gasteiger charge is -2.25. The number of rotatable bonds is 2. The molecule has 3 aromatic rings. The summed E-state index contributed by atoms with van der Waals surface area (Å²) in [7, 11) is 1.83. The molecule has 0 aliphatic heterocycles. The summed E-state index contributed by atoms with van der Waals surface area (Å²) in [6.07, 6.45) is 0. The molecule has 3 aromatic carbocycles. The van der Waals surface area contributed by atoms with Crippen molar-refractivity contribution < 1.29 is 8.78 Å². The Kier molecular flexibility index (Phi) is 3.65. The zero-order valence-electron chi connectivity index (χ0n) is 15.4. The maximum absolute atomic E-state index is 13.6. The van der Waals surface area contributed by atoms with E-state index < -0.39 is 11.6 Å². The highest BCUT2D eigenvalue weighted by Gasteiger charge is 2.35. The largest absolute Gasteiger partial charge is 0.344 e. The zero-order chi connectivity index (χ0) is 18.6. The van der Waals surface area contributed by atoms with Gasteiger partial charge in [-0.1, -0.05) is 43.7 Å². The van der Waals surface area contributed by atoms with Crippen molar-refractivity contribution in [2.45, 2.75) is 26.2 Å². The van der Waals surface area contributed by atoms with Gasteiger partial charge in [0, 0.05) is 29.9 Å². The smallest absolute Gasteiger partial charge is 0.128 e. The number of fused-ring (bicyclic) bond motifs is 3. The molecule has 0 saturated carbocycles. The van der Waals surface area contributed by atoms with E-state index in [1.807, 2.05) is 18.0 Å². The van der Waals surface area contributed by atoms with Gasteiger partial charge < -0.3 is 4.90 Å². The Morgan fingerprint density at radius 2 is 1.31 bits per heavy atom. The van der Waals surface area contributed by atoms with E-state index in [2.05, 4.69) is 51.1 Å². The van der Waals surface area contributed by atoms with Crippen LogP contribution in [0.3, 0.4) is 0 Å². The van der Waals surface area contributed by atoms with Gasteiger partial charge >= 0.3 is 0 Å². The molecular formula is C23H21F2N. The fourth-order valence-corrected chi connectivity index (χ4v) is 3.93. The summed E-state index contributed by atoms with van der Waals surface area (Å²) in [5.41, 5.74) is 7.59. The average Bonchev–Trinajstić information content (AvgIpc) is 2.80. The molecule has 0 spiro atoms. The monoisotopic (exact) mass is 349 g/mol. The van der Waals surface area contributed by atoms with Crippen molar-refractivity contribution in [1.29, 1.82) is 0 Å². The molecule has 0 heterocycles. The quantitative estimate of drug-likeness (QED) is 0.521. The number of hydrogen-bond donors (Lipinski definition) is 0. The Hall–Kier alpha value is -2.68. The minimum atomic E-state index is -0.573. The van der Waals surface area contributed by atoms with Crippen molar-refractivity contribution in [3.63, 3.8) is 0 Å². The summed E-state index contributed by atoms with van der Waals surface area (Å²) < 4.78 is 27.2. The van der Waals surface area contributed by atoms with Gasteiger partial charge in [0.1, 0.15) is 11.6 Å². The minimum Gasteiger partial charge on any atom is -0.344 e. The third-order valence-corrected chi connectivity index (χ3v) is 5.44. The molecule has 1 aliphatic rings. The van der Waals surface area contributed by atoms with Gasteiger partial charge in [-0.15, -0.1) is 0 Å². The van der Waals surface area contributed by atoms with Gasteiger partial charge in [0.25, 0.3) is 0 Å². The lowest BCUT2D eigenvalue weighted by atomic mass is 9.82. The van der Waals surface area contributed by atoms with Crippen molar-refractivity contribution >= 4 is 11.4 Å². The Balaban J connectivity index is 1.82. The lowest BCUT2D eigenvalue weighted by Crippen LogP contribution is -2.16. The Morgan fingerprint density at radius 1 is 0.731 bits per heavy atom. The number of anilines is 2. The van der Waals surface area contributed by atoms with Crippen LogP contribution in [0.25, 0.3) is 11.1 Å². The molecule has 0 N–H and O–H groups in total. The van der Waals surface area contributed by atoms with Gasteiger partial charge in [-0.05, 0) is 53.4 Å². The van der Waals surface area contributed by atoms with E-state index in [0.29, 0.717) is 5.69 Å². The first kappa shape index (κ1) is 16.8. The van der Waals surface area contributed by atoms with E-state index in [1.165, 1.54) is 39.9 Å². The van der Waals surface area contributed by atoms with Crippen molar-refractivity contribution in [2.24, 2.45) is 0 Å². The molecule has 0 aromatic heterocycles. The van der Waals surface area contributed by atoms with Crippen LogP contribution in [0.4, 0.5) is 20.2 Å². The van der Waals surface area contributed by atoms with Gasteiger partial charge in [0.15, 0.2) is 0 Å². The van der Waals surface area contributed by atoms with Gasteiger partial charge in [-0.2, -0.15) is 0 Å². The van der Waals surface area contributed by atoms with E-state index in [1.54, 1.807) is 0 Å². The third-order valence-electron chi connectivity index (χ3n) is 5.44. The Bertz CT molecular complexity index is 1000. The van der Waals surface area contributed by atoms with Crippen LogP contribution in [0.5, 0.6) is 0 Å². The number of nitrogens with zero attached hydrogens (tertiary/aromatic N) is 1. The van der Waals surface area contributed by atoms with Gasteiger partial charge in [-0.25, -0.2) is 8.78 Å². The van der Waals surface area contributed by atoms with Crippen LogP contribution in [0, 0.1) is 18.6 Å². The predicted molar refractivity (Wildman–Crippen MR) is 103 cm³/mol. The summed E-state index contributed by atoms with van der Waals surface area (Å²) in [5, 5.41) is 0. The first-order valence-corrected chi connectivity index (χ1v) is 8.73. The summed E-state index contributed by atoms with van der Waals surface area (Å²) in [6.45, 7) is 6.56. The van der Waals surface area contributed by atoms with Gasteiger partial charge in [0.05, 0.1) is 0 Å². The first-order valence-electron chi connectivity index (χ1n) is 8.73. The molecule has 0 radical (unpaired) electrons. The molecule has 1 aliphatic carbocycles. The van der Waals surface area contributed by atoms with Crippen molar-refractivity contribution in [3.8, 4) is 11.1 Å². The molecule has 132 valence electrons. The topological polar surface area (TPSA) is 3.24 Å². The summed E-state index contributed by atoms with van der Waals surface area (Å²) in [4.78, 5) is 1.82. The van der Waals surface area contributed by atoms with E-state index in [0.717, 1.165) is 11.8 Å². The highest BCUT2D eigenvalue weighted by atomic mass is 19.1. The number of hydrogen-bond acceptors (Lipinski definition) is 1. The van der Waals surface area contributed by atoms with Crippen molar-refractivity contribution in [3.05, 3.63) is 82.9 Å². The molecule has 0 fully saturated rings. The molecule has 4 rings (SSSR count). The highest BCUT2D eigenvalue weighted by molar-refractivity contribution is 5.83. The van der Waals surface area contributed by atoms with Crippen LogP contribution in [-0.4, -0.2) is 7.05 Å². The predicted octanol–water partition coefficient (Wildman–Crippen LogP) is 6.35. The molecular weight excluding hydrogens is 328 g/mol. The average molecular weight is 349 g/mol. The number of benzene rings is 3. The zero-order valence-corrected chi connectivity index (χ0v) is 15.4. The number of aryl methyl sites for hydroxylation is 1. The normalized spacial score (nSPS) is 14.1. The summed E-state index contributed by atoms with van der Waals surface area (Å²) in [6, 6.07) is 16.4. The second-order valence-electron chi connectivity index (χ2n) is 7.59. The van der Waals surface area contributed by atoms with Gasteiger partial charge in [0.2, 0.25) is 0 Å². The highest BCUT2D eigenvalue weighted by Crippen LogP contribution is 2.50. The molecule has 26 heavy (non-hydrogen) atoms. The van der Waals surface area contributed by atoms with E-state index in [4.69, 9.17) is 0 Å². The van der Waals surface area contributed by atoms with Crippen LogP contribution < -0.4 is 4.90 Å². The Morgan fingerprint density at radius 3 is 1.96 bits per heavy atom.